The first-order valence-electron chi connectivity index (χ1n) is 7.71. The molecule has 0 aromatic heterocycles. The monoisotopic (exact) mass is 337 g/mol. The first kappa shape index (κ1) is 17.7. The Bertz CT molecular complexity index is 532. The number of hydrogen-bond acceptors (Lipinski definition) is 5. The molecule has 2 rings (SSSR count). The van der Waals surface area contributed by atoms with Gasteiger partial charge in [-0.1, -0.05) is 12.1 Å². The molecule has 1 saturated heterocycles. The summed E-state index contributed by atoms with van der Waals surface area (Å²) in [5.74, 6) is 1.15. The molecule has 0 spiro atoms. The zero-order chi connectivity index (χ0) is 16.7. The van der Waals surface area contributed by atoms with E-state index in [9.17, 15) is 9.59 Å². The molecule has 1 aliphatic heterocycles. The number of thioether (sulfide) groups is 1. The molecule has 23 heavy (non-hydrogen) atoms. The Morgan fingerprint density at radius 1 is 1.26 bits per heavy atom. The van der Waals surface area contributed by atoms with Crippen molar-refractivity contribution in [2.24, 2.45) is 0 Å². The zero-order valence-corrected chi connectivity index (χ0v) is 14.4. The van der Waals surface area contributed by atoms with Crippen molar-refractivity contribution in [2.45, 2.75) is 24.5 Å². The molecule has 0 radical (unpaired) electrons. The average Bonchev–Trinajstić information content (AvgIpc) is 3.07. The van der Waals surface area contributed by atoms with Gasteiger partial charge in [0, 0.05) is 24.8 Å². The first-order valence-corrected chi connectivity index (χ1v) is 8.76. The van der Waals surface area contributed by atoms with Crippen LogP contribution in [0.1, 0.15) is 18.4 Å². The lowest BCUT2D eigenvalue weighted by Gasteiger charge is -2.16. The minimum absolute atomic E-state index is 0.182. The molecule has 1 fully saturated rings. The molecule has 1 heterocycles. The number of likely N-dealkylation sites (tertiary alicyclic amines) is 1. The minimum Gasteiger partial charge on any atom is -0.497 e. The van der Waals surface area contributed by atoms with Gasteiger partial charge < -0.3 is 14.4 Å². The van der Waals surface area contributed by atoms with Crippen molar-refractivity contribution in [3.63, 3.8) is 0 Å². The zero-order valence-electron chi connectivity index (χ0n) is 13.6. The van der Waals surface area contributed by atoms with Gasteiger partial charge in [-0.05, 0) is 30.5 Å². The number of aryl methyl sites for hydroxylation is 1. The quantitative estimate of drug-likeness (QED) is 0.714. The van der Waals surface area contributed by atoms with Gasteiger partial charge in [-0.3, -0.25) is 9.59 Å². The second-order valence-electron chi connectivity index (χ2n) is 5.49. The number of methoxy groups -OCH3 is 2. The van der Waals surface area contributed by atoms with Crippen LogP contribution >= 0.6 is 11.8 Å². The first-order chi connectivity index (χ1) is 11.1. The Kier molecular flexibility index (Phi) is 6.77. The van der Waals surface area contributed by atoms with Crippen molar-refractivity contribution in [3.8, 4) is 5.75 Å². The van der Waals surface area contributed by atoms with E-state index in [0.29, 0.717) is 17.4 Å². The summed E-state index contributed by atoms with van der Waals surface area (Å²) in [6.45, 7) is 1.50. The van der Waals surface area contributed by atoms with Gasteiger partial charge in [0.2, 0.25) is 5.91 Å². The summed E-state index contributed by atoms with van der Waals surface area (Å²) in [6.07, 6.45) is 2.19. The summed E-state index contributed by atoms with van der Waals surface area (Å²) in [5, 5.41) is 0.332. The maximum absolute atomic E-state index is 12.3. The smallest absolute Gasteiger partial charge is 0.315 e. The Balaban J connectivity index is 1.72. The second kappa shape index (κ2) is 8.82. The van der Waals surface area contributed by atoms with Crippen LogP contribution in [0.5, 0.6) is 5.75 Å². The minimum atomic E-state index is -0.209. The standard InChI is InChI=1S/C17H23NO4S/c1-21-14-6-3-13(4-7-14)5-8-16(19)18-10-9-15(11-18)23-12-17(20)22-2/h3-4,6-7,15H,5,8-12H2,1-2H3/t15-/m1/s1. The van der Waals surface area contributed by atoms with Gasteiger partial charge in [0.1, 0.15) is 5.75 Å². The second-order valence-corrected chi connectivity index (χ2v) is 6.77. The van der Waals surface area contributed by atoms with Gasteiger partial charge in [0.05, 0.1) is 20.0 Å². The van der Waals surface area contributed by atoms with E-state index in [1.54, 1.807) is 18.9 Å². The van der Waals surface area contributed by atoms with Gasteiger partial charge in [0.15, 0.2) is 0 Å². The average molecular weight is 337 g/mol. The molecule has 1 aromatic rings. The van der Waals surface area contributed by atoms with Crippen molar-refractivity contribution >= 4 is 23.6 Å². The highest BCUT2D eigenvalue weighted by atomic mass is 32.2. The summed E-state index contributed by atoms with van der Waals surface area (Å²) >= 11 is 1.57. The summed E-state index contributed by atoms with van der Waals surface area (Å²) in [6, 6.07) is 7.81. The maximum Gasteiger partial charge on any atom is 0.315 e. The van der Waals surface area contributed by atoms with E-state index in [0.717, 1.165) is 37.2 Å². The number of benzene rings is 1. The van der Waals surface area contributed by atoms with Crippen molar-refractivity contribution in [1.29, 1.82) is 0 Å². The van der Waals surface area contributed by atoms with Crippen LogP contribution in [-0.4, -0.2) is 55.1 Å². The van der Waals surface area contributed by atoms with Gasteiger partial charge in [0.25, 0.3) is 0 Å². The lowest BCUT2D eigenvalue weighted by atomic mass is 10.1. The highest BCUT2D eigenvalue weighted by Gasteiger charge is 2.26. The molecular weight excluding hydrogens is 314 g/mol. The molecule has 0 saturated carbocycles. The summed E-state index contributed by atoms with van der Waals surface area (Å²) in [5.41, 5.74) is 1.13. The number of nitrogens with zero attached hydrogens (tertiary/aromatic N) is 1. The van der Waals surface area contributed by atoms with E-state index in [4.69, 9.17) is 4.74 Å². The van der Waals surface area contributed by atoms with E-state index < -0.39 is 0 Å². The third kappa shape index (κ3) is 5.46. The Labute approximate surface area is 141 Å². The fourth-order valence-electron chi connectivity index (χ4n) is 2.54. The van der Waals surface area contributed by atoms with E-state index in [1.807, 2.05) is 29.2 Å². The number of hydrogen-bond donors (Lipinski definition) is 0. The molecular formula is C17H23NO4S. The number of carbonyl (C=O) groups excluding carboxylic acids is 2. The molecule has 1 aromatic carbocycles. The highest BCUT2D eigenvalue weighted by Crippen LogP contribution is 2.23. The van der Waals surface area contributed by atoms with Crippen molar-refractivity contribution in [3.05, 3.63) is 29.8 Å². The molecule has 0 N–H and O–H groups in total. The third-order valence-corrected chi connectivity index (χ3v) is 5.21. The largest absolute Gasteiger partial charge is 0.497 e. The topological polar surface area (TPSA) is 55.8 Å². The van der Waals surface area contributed by atoms with Crippen molar-refractivity contribution in [1.82, 2.24) is 4.90 Å². The molecule has 6 heteroatoms. The molecule has 0 unspecified atom stereocenters. The van der Waals surface area contributed by atoms with Gasteiger partial charge >= 0.3 is 5.97 Å². The molecule has 0 aliphatic carbocycles. The molecule has 1 amide bonds. The van der Waals surface area contributed by atoms with Crippen LogP contribution in [-0.2, 0) is 20.7 Å². The van der Waals surface area contributed by atoms with Gasteiger partial charge in [-0.2, -0.15) is 0 Å². The molecule has 0 bridgehead atoms. The summed E-state index contributed by atoms with van der Waals surface area (Å²) < 4.78 is 9.76. The fraction of sp³-hybridized carbons (Fsp3) is 0.529. The van der Waals surface area contributed by atoms with Gasteiger partial charge in [-0.15, -0.1) is 11.8 Å². The lowest BCUT2D eigenvalue weighted by molar-refractivity contribution is -0.137. The lowest BCUT2D eigenvalue weighted by Crippen LogP contribution is -2.29. The van der Waals surface area contributed by atoms with E-state index in [2.05, 4.69) is 4.74 Å². The summed E-state index contributed by atoms with van der Waals surface area (Å²) in [4.78, 5) is 25.3. The van der Waals surface area contributed by atoms with Crippen LogP contribution in [0.2, 0.25) is 0 Å². The summed E-state index contributed by atoms with van der Waals surface area (Å²) in [7, 11) is 3.03. The predicted octanol–water partition coefficient (Wildman–Crippen LogP) is 2.13. The van der Waals surface area contributed by atoms with Crippen LogP contribution < -0.4 is 4.74 Å². The van der Waals surface area contributed by atoms with Crippen molar-refractivity contribution < 1.29 is 19.1 Å². The molecule has 126 valence electrons. The molecule has 5 nitrogen and oxygen atoms in total. The van der Waals surface area contributed by atoms with E-state index >= 15 is 0 Å². The third-order valence-electron chi connectivity index (χ3n) is 3.95. The normalized spacial score (nSPS) is 17.1. The van der Waals surface area contributed by atoms with Crippen LogP contribution in [0.15, 0.2) is 24.3 Å². The number of amides is 1. The number of ether oxygens (including phenoxy) is 2. The molecule has 1 atom stereocenters. The SMILES string of the molecule is COC(=O)CS[C@@H]1CCN(C(=O)CCc2ccc(OC)cc2)C1. The van der Waals surface area contributed by atoms with E-state index in [1.165, 1.54) is 7.11 Å². The van der Waals surface area contributed by atoms with Crippen LogP contribution in [0.25, 0.3) is 0 Å². The Morgan fingerprint density at radius 3 is 2.65 bits per heavy atom. The number of carbonyl (C=O) groups is 2. The predicted molar refractivity (Wildman–Crippen MR) is 90.8 cm³/mol. The maximum atomic E-state index is 12.3. The van der Waals surface area contributed by atoms with Crippen LogP contribution in [0.4, 0.5) is 0 Å². The Morgan fingerprint density at radius 2 is 2.00 bits per heavy atom. The molecule has 1 aliphatic rings. The van der Waals surface area contributed by atoms with Crippen LogP contribution in [0, 0.1) is 0 Å². The van der Waals surface area contributed by atoms with Gasteiger partial charge in [-0.25, -0.2) is 0 Å². The fourth-order valence-corrected chi connectivity index (χ4v) is 3.58. The highest BCUT2D eigenvalue weighted by molar-refractivity contribution is 8.00. The Hall–Kier alpha value is -1.69. The number of rotatable bonds is 7. The van der Waals surface area contributed by atoms with E-state index in [-0.39, 0.29) is 11.9 Å². The van der Waals surface area contributed by atoms with Crippen LogP contribution in [0.3, 0.4) is 0 Å². The van der Waals surface area contributed by atoms with Crippen molar-refractivity contribution in [2.75, 3.05) is 33.1 Å². The number of esters is 1.